The van der Waals surface area contributed by atoms with E-state index in [0.717, 1.165) is 36.5 Å². The Hall–Kier alpha value is -2.46. The summed E-state index contributed by atoms with van der Waals surface area (Å²) in [5, 5.41) is 39.9. The van der Waals surface area contributed by atoms with Crippen LogP contribution in [0.15, 0.2) is 29.2 Å². The van der Waals surface area contributed by atoms with Crippen molar-refractivity contribution in [1.82, 2.24) is 4.90 Å². The second kappa shape index (κ2) is 6.81. The summed E-state index contributed by atoms with van der Waals surface area (Å²) in [6.45, 7) is 4.55. The molecule has 0 saturated heterocycles. The molecule has 0 radical (unpaired) electrons. The first-order valence-electron chi connectivity index (χ1n) is 8.39. The molecular formula is C19H19N5S. The van der Waals surface area contributed by atoms with E-state index in [0.29, 0.717) is 0 Å². The summed E-state index contributed by atoms with van der Waals surface area (Å²) in [7, 11) is 0. The van der Waals surface area contributed by atoms with Gasteiger partial charge in [0.1, 0.15) is 5.92 Å². The van der Waals surface area contributed by atoms with Gasteiger partial charge in [0.15, 0.2) is 5.41 Å². The van der Waals surface area contributed by atoms with Crippen molar-refractivity contribution in [3.63, 3.8) is 0 Å². The first-order valence-corrected chi connectivity index (χ1v) is 9.27. The number of hydrogen-bond acceptors (Lipinski definition) is 6. The molecule has 126 valence electrons. The van der Waals surface area contributed by atoms with Crippen molar-refractivity contribution in [2.75, 3.05) is 19.6 Å². The second-order valence-corrected chi connectivity index (χ2v) is 7.55. The van der Waals surface area contributed by atoms with Crippen molar-refractivity contribution in [2.45, 2.75) is 19.3 Å². The van der Waals surface area contributed by atoms with E-state index in [1.54, 1.807) is 0 Å². The van der Waals surface area contributed by atoms with Crippen LogP contribution < -0.4 is 0 Å². The highest BCUT2D eigenvalue weighted by molar-refractivity contribution is 7.10. The van der Waals surface area contributed by atoms with Crippen molar-refractivity contribution in [3.05, 3.63) is 34.0 Å². The summed E-state index contributed by atoms with van der Waals surface area (Å²) in [5.74, 6) is -1.26. The van der Waals surface area contributed by atoms with Crippen molar-refractivity contribution in [2.24, 2.45) is 17.3 Å². The van der Waals surface area contributed by atoms with Gasteiger partial charge in [-0.15, -0.1) is 11.3 Å². The molecule has 1 aliphatic heterocycles. The Labute approximate surface area is 151 Å². The van der Waals surface area contributed by atoms with Crippen LogP contribution in [0.4, 0.5) is 0 Å². The third kappa shape index (κ3) is 2.57. The van der Waals surface area contributed by atoms with Gasteiger partial charge in [-0.05, 0) is 30.0 Å². The van der Waals surface area contributed by atoms with E-state index in [4.69, 9.17) is 5.41 Å². The lowest BCUT2D eigenvalue weighted by atomic mass is 9.55. The quantitative estimate of drug-likeness (QED) is 0.846. The predicted octanol–water partition coefficient (Wildman–Crippen LogP) is 3.31. The Kier molecular flexibility index (Phi) is 4.73. The fraction of sp³-hybridized carbons (Fsp3) is 0.474. The van der Waals surface area contributed by atoms with Gasteiger partial charge < -0.3 is 5.41 Å². The first kappa shape index (κ1) is 17.4. The zero-order chi connectivity index (χ0) is 18.0. The zero-order valence-corrected chi connectivity index (χ0v) is 14.9. The molecule has 0 spiro atoms. The fourth-order valence-electron chi connectivity index (χ4n) is 4.14. The van der Waals surface area contributed by atoms with Crippen LogP contribution in [0.3, 0.4) is 0 Å². The third-order valence-electron chi connectivity index (χ3n) is 5.26. The Bertz CT molecular complexity index is 803. The van der Waals surface area contributed by atoms with Crippen LogP contribution >= 0.6 is 11.3 Å². The molecule has 6 heteroatoms. The maximum atomic E-state index is 9.90. The van der Waals surface area contributed by atoms with E-state index in [9.17, 15) is 15.8 Å². The molecule has 2 aliphatic rings. The predicted molar refractivity (Wildman–Crippen MR) is 95.9 cm³/mol. The molecule has 1 aliphatic carbocycles. The summed E-state index contributed by atoms with van der Waals surface area (Å²) in [6, 6.07) is 10.3. The lowest BCUT2D eigenvalue weighted by molar-refractivity contribution is 0.206. The molecule has 1 unspecified atom stereocenters. The topological polar surface area (TPSA) is 98.5 Å². The Balaban J connectivity index is 2.18. The number of nitriles is 3. The van der Waals surface area contributed by atoms with Gasteiger partial charge in [0.2, 0.25) is 0 Å². The summed E-state index contributed by atoms with van der Waals surface area (Å²) < 4.78 is 0. The molecule has 0 bridgehead atoms. The average Bonchev–Trinajstić information content (AvgIpc) is 3.15. The molecule has 5 nitrogen and oxygen atoms in total. The highest BCUT2D eigenvalue weighted by atomic mass is 32.1. The van der Waals surface area contributed by atoms with Crippen LogP contribution in [0.1, 0.15) is 24.1 Å². The van der Waals surface area contributed by atoms with Crippen molar-refractivity contribution < 1.29 is 0 Å². The number of fused-ring (bicyclic) bond motifs is 1. The molecule has 25 heavy (non-hydrogen) atoms. The maximum absolute atomic E-state index is 9.90. The molecule has 0 aromatic carbocycles. The molecule has 3 rings (SSSR count). The first-order chi connectivity index (χ1) is 12.1. The van der Waals surface area contributed by atoms with E-state index in [1.165, 1.54) is 11.3 Å². The molecule has 1 fully saturated rings. The van der Waals surface area contributed by atoms with Gasteiger partial charge in [-0.25, -0.2) is 0 Å². The van der Waals surface area contributed by atoms with Crippen molar-refractivity contribution in [1.29, 1.82) is 21.2 Å². The number of nitrogens with zero attached hydrogens (tertiary/aromatic N) is 4. The SMILES string of the molecule is CCCN1CC=C2C(C#N)C(=N)C(C#N)(C#N)[C@H](c3cccs3)[C@H]2C1. The molecule has 1 aromatic rings. The molecule has 1 N–H and O–H groups in total. The molecule has 3 atom stereocenters. The highest BCUT2D eigenvalue weighted by Crippen LogP contribution is 2.54. The Morgan fingerprint density at radius 2 is 2.12 bits per heavy atom. The van der Waals surface area contributed by atoms with Gasteiger partial charge in [0, 0.05) is 29.8 Å². The van der Waals surface area contributed by atoms with Crippen molar-refractivity contribution in [3.8, 4) is 18.2 Å². The van der Waals surface area contributed by atoms with E-state index in [-0.39, 0.29) is 11.6 Å². The van der Waals surface area contributed by atoms with Crippen molar-refractivity contribution >= 4 is 17.0 Å². The second-order valence-electron chi connectivity index (χ2n) is 6.57. The lowest BCUT2D eigenvalue weighted by Crippen LogP contribution is -2.52. The average molecular weight is 349 g/mol. The van der Waals surface area contributed by atoms with Gasteiger partial charge in [0.05, 0.1) is 23.9 Å². The van der Waals surface area contributed by atoms with E-state index < -0.39 is 17.3 Å². The largest absolute Gasteiger partial charge is 0.305 e. The summed E-state index contributed by atoms with van der Waals surface area (Å²) in [4.78, 5) is 3.25. The van der Waals surface area contributed by atoms with Crippen LogP contribution in [-0.4, -0.2) is 30.2 Å². The minimum atomic E-state index is -1.58. The van der Waals surface area contributed by atoms with Crippen LogP contribution in [0.25, 0.3) is 0 Å². The van der Waals surface area contributed by atoms with Crippen LogP contribution in [0.5, 0.6) is 0 Å². The minimum Gasteiger partial charge on any atom is -0.305 e. The van der Waals surface area contributed by atoms with E-state index >= 15 is 0 Å². The van der Waals surface area contributed by atoms with E-state index in [2.05, 4.69) is 30.0 Å². The molecule has 0 amide bonds. The normalized spacial score (nSPS) is 28.2. The number of hydrogen-bond donors (Lipinski definition) is 1. The van der Waals surface area contributed by atoms with Gasteiger partial charge >= 0.3 is 0 Å². The summed E-state index contributed by atoms with van der Waals surface area (Å²) in [6.07, 6.45) is 3.07. The number of rotatable bonds is 3. The maximum Gasteiger partial charge on any atom is 0.190 e. The molecular weight excluding hydrogens is 330 g/mol. The smallest absolute Gasteiger partial charge is 0.190 e. The summed E-state index contributed by atoms with van der Waals surface area (Å²) in [5.41, 5.74) is -0.730. The Morgan fingerprint density at radius 1 is 1.36 bits per heavy atom. The molecule has 1 saturated carbocycles. The van der Waals surface area contributed by atoms with Gasteiger partial charge in [-0.1, -0.05) is 19.1 Å². The monoisotopic (exact) mass is 349 g/mol. The lowest BCUT2D eigenvalue weighted by Gasteiger charge is -2.47. The fourth-order valence-corrected chi connectivity index (χ4v) is 5.10. The van der Waals surface area contributed by atoms with Gasteiger partial charge in [0.25, 0.3) is 0 Å². The minimum absolute atomic E-state index is 0.0650. The number of nitrogens with one attached hydrogen (secondary N) is 1. The van der Waals surface area contributed by atoms with Gasteiger partial charge in [-0.2, -0.15) is 15.8 Å². The van der Waals surface area contributed by atoms with Crippen LogP contribution in [0, 0.1) is 56.7 Å². The van der Waals surface area contributed by atoms with E-state index in [1.807, 2.05) is 23.6 Å². The summed E-state index contributed by atoms with van der Waals surface area (Å²) >= 11 is 1.52. The van der Waals surface area contributed by atoms with Crippen LogP contribution in [0.2, 0.25) is 0 Å². The standard InChI is InChI=1S/C19H19N5S/c1-2-6-24-7-5-13-14(9-20)18(23)19(11-21,12-22)17(15(13)10-24)16-4-3-8-25-16/h3-5,8,14-15,17,23H,2,6-7,10H2,1H3/t14?,15-,17-/m0/s1. The third-order valence-corrected chi connectivity index (χ3v) is 6.21. The number of thiophene rings is 1. The zero-order valence-electron chi connectivity index (χ0n) is 14.1. The van der Waals surface area contributed by atoms with Gasteiger partial charge in [-0.3, -0.25) is 4.90 Å². The molecule has 2 heterocycles. The Morgan fingerprint density at radius 3 is 2.68 bits per heavy atom. The molecule has 1 aromatic heterocycles. The van der Waals surface area contributed by atoms with Crippen LogP contribution in [-0.2, 0) is 0 Å². The highest BCUT2D eigenvalue weighted by Gasteiger charge is 2.58.